The first kappa shape index (κ1) is 19.2. The van der Waals surface area contributed by atoms with Gasteiger partial charge in [0.1, 0.15) is 21.0 Å². The van der Waals surface area contributed by atoms with E-state index in [1.54, 1.807) is 35.7 Å². The van der Waals surface area contributed by atoms with E-state index in [1.165, 1.54) is 12.1 Å². The van der Waals surface area contributed by atoms with Crippen LogP contribution < -0.4 is 5.32 Å². The van der Waals surface area contributed by atoms with Crippen LogP contribution in [0.15, 0.2) is 52.4 Å². The highest BCUT2D eigenvalue weighted by atomic mass is 79.9. The fraction of sp³-hybridized carbons (Fsp3) is 0.105. The molecule has 2 N–H and O–H groups in total. The number of pyridine rings is 1. The van der Waals surface area contributed by atoms with Crippen LogP contribution in [0.3, 0.4) is 0 Å². The minimum atomic E-state index is -1.14. The Morgan fingerprint density at radius 1 is 1.19 bits per heavy atom. The maximum Gasteiger partial charge on any atom is 0.339 e. The number of amides is 1. The van der Waals surface area contributed by atoms with Crippen LogP contribution in [0.4, 0.5) is 9.39 Å². The van der Waals surface area contributed by atoms with Crippen LogP contribution in [0.5, 0.6) is 0 Å². The van der Waals surface area contributed by atoms with Crippen LogP contribution in [0.1, 0.15) is 22.3 Å². The number of thiophene rings is 1. The van der Waals surface area contributed by atoms with Gasteiger partial charge in [-0.05, 0) is 52.2 Å². The molecular formula is C19H14BrFN2O3S. The first-order valence-electron chi connectivity index (χ1n) is 7.96. The summed E-state index contributed by atoms with van der Waals surface area (Å²) in [5.41, 5.74) is 1.79. The second-order valence-corrected chi connectivity index (χ2v) is 7.37. The molecule has 1 aromatic carbocycles. The summed E-state index contributed by atoms with van der Waals surface area (Å²) in [4.78, 5) is 28.2. The number of carbonyl (C=O) groups is 2. The number of benzene rings is 1. The summed E-state index contributed by atoms with van der Waals surface area (Å²) >= 11 is 4.41. The fourth-order valence-corrected chi connectivity index (χ4v) is 3.81. The smallest absolute Gasteiger partial charge is 0.339 e. The Morgan fingerprint density at radius 2 is 1.93 bits per heavy atom. The molecule has 0 aliphatic carbocycles. The van der Waals surface area contributed by atoms with Crippen LogP contribution in [-0.2, 0) is 11.2 Å². The van der Waals surface area contributed by atoms with Gasteiger partial charge in [-0.2, -0.15) is 0 Å². The molecule has 3 aromatic rings. The Balaban J connectivity index is 1.75. The lowest BCUT2D eigenvalue weighted by atomic mass is 10.1. The molecule has 0 bridgehead atoms. The van der Waals surface area contributed by atoms with Crippen molar-refractivity contribution in [2.45, 2.75) is 12.8 Å². The van der Waals surface area contributed by atoms with E-state index in [0.717, 1.165) is 16.9 Å². The molecule has 0 aliphatic heterocycles. The van der Waals surface area contributed by atoms with Crippen molar-refractivity contribution in [1.82, 2.24) is 4.98 Å². The van der Waals surface area contributed by atoms with Crippen molar-refractivity contribution >= 4 is 44.1 Å². The van der Waals surface area contributed by atoms with Crippen molar-refractivity contribution in [3.05, 3.63) is 69.4 Å². The number of carboxylic acid groups (broad SMARTS) is 1. The minimum absolute atomic E-state index is 0.0146. The first-order valence-corrected chi connectivity index (χ1v) is 9.63. The van der Waals surface area contributed by atoms with Crippen LogP contribution in [0, 0.1) is 5.82 Å². The zero-order valence-electron chi connectivity index (χ0n) is 13.9. The van der Waals surface area contributed by atoms with Gasteiger partial charge in [-0.1, -0.05) is 18.2 Å². The highest BCUT2D eigenvalue weighted by molar-refractivity contribution is 9.10. The van der Waals surface area contributed by atoms with Crippen LogP contribution in [0.2, 0.25) is 0 Å². The maximum absolute atomic E-state index is 12.9. The van der Waals surface area contributed by atoms with Crippen LogP contribution >= 0.6 is 27.3 Å². The summed E-state index contributed by atoms with van der Waals surface area (Å²) < 4.78 is 13.5. The lowest BCUT2D eigenvalue weighted by molar-refractivity contribution is -0.116. The molecule has 2 heterocycles. The molecule has 0 saturated carbocycles. The largest absolute Gasteiger partial charge is 0.478 e. The molecular weight excluding hydrogens is 435 g/mol. The van der Waals surface area contributed by atoms with Gasteiger partial charge in [-0.3, -0.25) is 4.79 Å². The zero-order chi connectivity index (χ0) is 19.4. The van der Waals surface area contributed by atoms with E-state index in [9.17, 15) is 19.1 Å². The number of aromatic nitrogens is 1. The molecule has 138 valence electrons. The minimum Gasteiger partial charge on any atom is -0.478 e. The normalized spacial score (nSPS) is 10.6. The molecule has 0 saturated heterocycles. The molecule has 0 spiro atoms. The third-order valence-electron chi connectivity index (χ3n) is 3.80. The van der Waals surface area contributed by atoms with Crippen LogP contribution in [0.25, 0.3) is 11.3 Å². The van der Waals surface area contributed by atoms with Crippen molar-refractivity contribution in [1.29, 1.82) is 0 Å². The molecule has 5 nitrogen and oxygen atoms in total. The van der Waals surface area contributed by atoms with E-state index in [0.29, 0.717) is 22.3 Å². The Kier molecular flexibility index (Phi) is 5.98. The van der Waals surface area contributed by atoms with Gasteiger partial charge >= 0.3 is 5.97 Å². The SMILES string of the molecule is O=C(CCc1ccc(F)cc1)Nc1scc(-c2cccc(Br)n2)c1C(=O)O. The van der Waals surface area contributed by atoms with Gasteiger partial charge in [-0.25, -0.2) is 14.2 Å². The molecule has 0 aliphatic rings. The molecule has 1 amide bonds. The van der Waals surface area contributed by atoms with Crippen molar-refractivity contribution in [3.63, 3.8) is 0 Å². The van der Waals surface area contributed by atoms with Crippen LogP contribution in [-0.4, -0.2) is 22.0 Å². The summed E-state index contributed by atoms with van der Waals surface area (Å²) in [6, 6.07) is 11.1. The van der Waals surface area contributed by atoms with E-state index in [4.69, 9.17) is 0 Å². The van der Waals surface area contributed by atoms with E-state index >= 15 is 0 Å². The second-order valence-electron chi connectivity index (χ2n) is 5.68. The van der Waals surface area contributed by atoms with Crippen molar-refractivity contribution in [3.8, 4) is 11.3 Å². The molecule has 0 unspecified atom stereocenters. The number of nitrogens with zero attached hydrogens (tertiary/aromatic N) is 1. The van der Waals surface area contributed by atoms with Gasteiger partial charge in [0.2, 0.25) is 5.91 Å². The fourth-order valence-electron chi connectivity index (χ4n) is 2.51. The number of halogens is 2. The predicted octanol–water partition coefficient (Wildman–Crippen LogP) is 4.98. The predicted molar refractivity (Wildman–Crippen MR) is 106 cm³/mol. The lowest BCUT2D eigenvalue weighted by Crippen LogP contribution is -2.14. The Hall–Kier alpha value is -2.58. The van der Waals surface area contributed by atoms with Crippen molar-refractivity contribution < 1.29 is 19.1 Å². The van der Waals surface area contributed by atoms with Gasteiger partial charge in [0.25, 0.3) is 0 Å². The molecule has 27 heavy (non-hydrogen) atoms. The number of anilines is 1. The number of carboxylic acids is 1. The average molecular weight is 449 g/mol. The van der Waals surface area contributed by atoms with E-state index < -0.39 is 5.97 Å². The number of hydrogen-bond donors (Lipinski definition) is 2. The highest BCUT2D eigenvalue weighted by Gasteiger charge is 2.21. The first-order chi connectivity index (χ1) is 12.9. The van der Waals surface area contributed by atoms with Gasteiger partial charge < -0.3 is 10.4 Å². The molecule has 0 fully saturated rings. The lowest BCUT2D eigenvalue weighted by Gasteiger charge is -2.06. The molecule has 3 rings (SSSR count). The maximum atomic E-state index is 12.9. The zero-order valence-corrected chi connectivity index (χ0v) is 16.3. The van der Waals surface area contributed by atoms with E-state index in [2.05, 4.69) is 26.2 Å². The topological polar surface area (TPSA) is 79.3 Å². The highest BCUT2D eigenvalue weighted by Crippen LogP contribution is 2.35. The van der Waals surface area contributed by atoms with Crippen molar-refractivity contribution in [2.75, 3.05) is 5.32 Å². The summed E-state index contributed by atoms with van der Waals surface area (Å²) in [5.74, 6) is -1.78. The summed E-state index contributed by atoms with van der Waals surface area (Å²) in [5, 5.41) is 14.2. The summed E-state index contributed by atoms with van der Waals surface area (Å²) in [7, 11) is 0. The van der Waals surface area contributed by atoms with Gasteiger partial charge in [0.15, 0.2) is 0 Å². The average Bonchev–Trinajstić information content (AvgIpc) is 3.05. The molecule has 2 aromatic heterocycles. The van der Waals surface area contributed by atoms with E-state index in [1.807, 2.05) is 0 Å². The number of carbonyl (C=O) groups excluding carboxylic acids is 1. The third kappa shape index (κ3) is 4.78. The molecule has 0 atom stereocenters. The number of aryl methyl sites for hydroxylation is 1. The Morgan fingerprint density at radius 3 is 2.59 bits per heavy atom. The number of rotatable bonds is 6. The van der Waals surface area contributed by atoms with Gasteiger partial charge in [0, 0.05) is 17.4 Å². The second kappa shape index (κ2) is 8.41. The summed E-state index contributed by atoms with van der Waals surface area (Å²) in [6.07, 6.45) is 0.590. The molecule has 8 heteroatoms. The Bertz CT molecular complexity index is 989. The number of nitrogens with one attached hydrogen (secondary N) is 1. The van der Waals surface area contributed by atoms with Crippen molar-refractivity contribution in [2.24, 2.45) is 0 Å². The van der Waals surface area contributed by atoms with Gasteiger partial charge in [0.05, 0.1) is 5.69 Å². The third-order valence-corrected chi connectivity index (χ3v) is 5.14. The van der Waals surface area contributed by atoms with Gasteiger partial charge in [-0.15, -0.1) is 11.3 Å². The number of aromatic carboxylic acids is 1. The number of hydrogen-bond acceptors (Lipinski definition) is 4. The summed E-state index contributed by atoms with van der Waals surface area (Å²) in [6.45, 7) is 0. The van der Waals surface area contributed by atoms with E-state index in [-0.39, 0.29) is 28.7 Å². The quantitative estimate of drug-likeness (QED) is 0.521. The monoisotopic (exact) mass is 448 g/mol. The Labute approximate surface area is 167 Å². The molecule has 0 radical (unpaired) electrons. The standard InChI is InChI=1S/C19H14BrFN2O3S/c20-15-3-1-2-14(22-15)13-10-27-18(17(13)19(25)26)23-16(24)9-6-11-4-7-12(21)8-5-11/h1-5,7-8,10H,6,9H2,(H,23,24)(H,25,26).